The van der Waals surface area contributed by atoms with Crippen LogP contribution in [0, 0.1) is 0 Å². The molecule has 0 amide bonds. The fourth-order valence-corrected chi connectivity index (χ4v) is 3.44. The first-order chi connectivity index (χ1) is 12.8. The lowest BCUT2D eigenvalue weighted by molar-refractivity contribution is 0.00627. The van der Waals surface area contributed by atoms with Crippen molar-refractivity contribution in [2.75, 3.05) is 0 Å². The molecule has 1 fully saturated rings. The van der Waals surface area contributed by atoms with Crippen molar-refractivity contribution in [3.05, 3.63) is 47.2 Å². The number of hydrogen-bond donors (Lipinski definition) is 0. The molecule has 0 bridgehead atoms. The van der Waals surface area contributed by atoms with Gasteiger partial charge in [0.15, 0.2) is 5.69 Å². The summed E-state index contributed by atoms with van der Waals surface area (Å²) < 4.78 is 9.02. The van der Waals surface area contributed by atoms with E-state index in [1.54, 1.807) is 10.9 Å². The Balaban J connectivity index is 1.56. The number of hydrogen-bond acceptors (Lipinski definition) is 5. The minimum absolute atomic E-state index is 0.200. The number of carbonyl (C=O) groups is 1. The van der Waals surface area contributed by atoms with Crippen LogP contribution in [0.15, 0.2) is 24.7 Å². The summed E-state index contributed by atoms with van der Waals surface area (Å²) in [6.07, 6.45) is 8.31. The predicted molar refractivity (Wildman–Crippen MR) is 104 cm³/mol. The number of ether oxygens (including phenoxy) is 1. The highest BCUT2D eigenvalue weighted by Gasteiger charge is 2.25. The molecule has 3 heterocycles. The Morgan fingerprint density at radius 1 is 1.30 bits per heavy atom. The Morgan fingerprint density at radius 2 is 2.07 bits per heavy atom. The SMILES string of the molecule is CC(C)(C)OC(=O)c1cn(Cc2cn3cc(C4CC4)cc(CBr)c3n2)nn1. The lowest BCUT2D eigenvalue weighted by atomic mass is 10.1. The maximum Gasteiger partial charge on any atom is 0.361 e. The van der Waals surface area contributed by atoms with E-state index in [0.29, 0.717) is 12.5 Å². The summed E-state index contributed by atoms with van der Waals surface area (Å²) in [4.78, 5) is 16.8. The van der Waals surface area contributed by atoms with Gasteiger partial charge in [0.25, 0.3) is 0 Å². The van der Waals surface area contributed by atoms with Gasteiger partial charge in [-0.2, -0.15) is 0 Å². The molecule has 0 unspecified atom stereocenters. The highest BCUT2D eigenvalue weighted by Crippen LogP contribution is 2.40. The molecule has 0 spiro atoms. The number of esters is 1. The Labute approximate surface area is 165 Å². The third kappa shape index (κ3) is 4.05. The zero-order chi connectivity index (χ0) is 19.2. The lowest BCUT2D eigenvalue weighted by Crippen LogP contribution is -2.24. The molecular weight excluding hydrogens is 410 g/mol. The zero-order valence-corrected chi connectivity index (χ0v) is 17.2. The molecule has 1 aliphatic rings. The second kappa shape index (κ2) is 6.74. The number of rotatable bonds is 5. The van der Waals surface area contributed by atoms with Crippen molar-refractivity contribution in [3.63, 3.8) is 0 Å². The predicted octanol–water partition coefficient (Wildman–Crippen LogP) is 3.70. The summed E-state index contributed by atoms with van der Waals surface area (Å²) >= 11 is 3.57. The Kier molecular flexibility index (Phi) is 4.53. The molecule has 27 heavy (non-hydrogen) atoms. The van der Waals surface area contributed by atoms with E-state index in [-0.39, 0.29) is 5.69 Å². The van der Waals surface area contributed by atoms with E-state index in [1.165, 1.54) is 24.0 Å². The van der Waals surface area contributed by atoms with E-state index in [0.717, 1.165) is 16.7 Å². The number of imidazole rings is 1. The van der Waals surface area contributed by atoms with E-state index < -0.39 is 11.6 Å². The lowest BCUT2D eigenvalue weighted by Gasteiger charge is -2.18. The van der Waals surface area contributed by atoms with Crippen molar-refractivity contribution >= 4 is 27.5 Å². The maximum atomic E-state index is 12.1. The van der Waals surface area contributed by atoms with Crippen LogP contribution in [0.4, 0.5) is 0 Å². The van der Waals surface area contributed by atoms with Crippen molar-refractivity contribution in [3.8, 4) is 0 Å². The Hall–Kier alpha value is -2.22. The van der Waals surface area contributed by atoms with Gasteiger partial charge in [0, 0.05) is 23.3 Å². The van der Waals surface area contributed by atoms with E-state index in [9.17, 15) is 4.79 Å². The normalized spacial score (nSPS) is 14.7. The number of halogens is 1. The summed E-state index contributed by atoms with van der Waals surface area (Å²) in [6, 6.07) is 2.24. The summed E-state index contributed by atoms with van der Waals surface area (Å²) in [7, 11) is 0. The van der Waals surface area contributed by atoms with Crippen LogP contribution in [0.5, 0.6) is 0 Å². The van der Waals surface area contributed by atoms with Crippen LogP contribution in [0.3, 0.4) is 0 Å². The molecule has 1 aliphatic carbocycles. The van der Waals surface area contributed by atoms with Gasteiger partial charge >= 0.3 is 5.97 Å². The van der Waals surface area contributed by atoms with Crippen LogP contribution in [0.25, 0.3) is 5.65 Å². The summed E-state index contributed by atoms with van der Waals surface area (Å²) in [5.74, 6) is 0.212. The Morgan fingerprint density at radius 3 is 2.74 bits per heavy atom. The molecule has 1 saturated carbocycles. The van der Waals surface area contributed by atoms with E-state index >= 15 is 0 Å². The average molecular weight is 432 g/mol. The molecule has 4 rings (SSSR count). The average Bonchev–Trinajstić information content (AvgIpc) is 3.20. The second-order valence-electron chi connectivity index (χ2n) is 7.97. The van der Waals surface area contributed by atoms with E-state index in [2.05, 4.69) is 42.9 Å². The maximum absolute atomic E-state index is 12.1. The topological polar surface area (TPSA) is 74.3 Å². The molecule has 0 atom stereocenters. The van der Waals surface area contributed by atoms with Gasteiger partial charge in [-0.1, -0.05) is 21.1 Å². The smallest absolute Gasteiger partial charge is 0.361 e. The largest absolute Gasteiger partial charge is 0.455 e. The fourth-order valence-electron chi connectivity index (χ4n) is 3.02. The third-order valence-electron chi connectivity index (χ3n) is 4.36. The highest BCUT2D eigenvalue weighted by molar-refractivity contribution is 9.08. The van der Waals surface area contributed by atoms with Crippen LogP contribution in [0.2, 0.25) is 0 Å². The number of alkyl halides is 1. The fraction of sp³-hybridized carbons (Fsp3) is 0.474. The second-order valence-corrected chi connectivity index (χ2v) is 8.53. The van der Waals surface area contributed by atoms with Gasteiger partial charge in [-0.25, -0.2) is 14.5 Å². The van der Waals surface area contributed by atoms with Gasteiger partial charge in [0.2, 0.25) is 0 Å². The van der Waals surface area contributed by atoms with Gasteiger partial charge in [-0.15, -0.1) is 5.10 Å². The van der Waals surface area contributed by atoms with Gasteiger partial charge in [0.1, 0.15) is 11.2 Å². The first-order valence-electron chi connectivity index (χ1n) is 9.02. The van der Waals surface area contributed by atoms with Crippen molar-refractivity contribution in [2.45, 2.75) is 57.0 Å². The van der Waals surface area contributed by atoms with Gasteiger partial charge < -0.3 is 9.14 Å². The van der Waals surface area contributed by atoms with Gasteiger partial charge in [0.05, 0.1) is 18.4 Å². The number of carbonyl (C=O) groups excluding carboxylic acids is 1. The molecule has 8 heteroatoms. The van der Waals surface area contributed by atoms with Crippen molar-refractivity contribution < 1.29 is 9.53 Å². The van der Waals surface area contributed by atoms with E-state index in [1.807, 2.05) is 27.0 Å². The Bertz CT molecular complexity index is 997. The summed E-state index contributed by atoms with van der Waals surface area (Å²) in [6.45, 7) is 5.91. The number of fused-ring (bicyclic) bond motifs is 1. The number of pyridine rings is 1. The highest BCUT2D eigenvalue weighted by atomic mass is 79.9. The minimum Gasteiger partial charge on any atom is -0.455 e. The zero-order valence-electron chi connectivity index (χ0n) is 15.6. The number of aromatic nitrogens is 5. The molecule has 7 nitrogen and oxygen atoms in total. The van der Waals surface area contributed by atoms with Crippen LogP contribution in [-0.2, 0) is 16.6 Å². The summed E-state index contributed by atoms with van der Waals surface area (Å²) in [5.41, 5.74) is 4.00. The van der Waals surface area contributed by atoms with Gasteiger partial charge in [-0.3, -0.25) is 0 Å². The molecule has 3 aromatic heterocycles. The molecular formula is C19H22BrN5O2. The molecule has 0 N–H and O–H groups in total. The van der Waals surface area contributed by atoms with Crippen LogP contribution >= 0.6 is 15.9 Å². The van der Waals surface area contributed by atoms with Crippen LogP contribution in [0.1, 0.15) is 66.8 Å². The van der Waals surface area contributed by atoms with Crippen LogP contribution < -0.4 is 0 Å². The quantitative estimate of drug-likeness (QED) is 0.454. The molecule has 142 valence electrons. The molecule has 0 aliphatic heterocycles. The summed E-state index contributed by atoms with van der Waals surface area (Å²) in [5, 5.41) is 8.73. The van der Waals surface area contributed by atoms with Crippen molar-refractivity contribution in [1.29, 1.82) is 0 Å². The monoisotopic (exact) mass is 431 g/mol. The molecule has 0 saturated heterocycles. The number of nitrogens with zero attached hydrogens (tertiary/aromatic N) is 5. The van der Waals surface area contributed by atoms with Crippen molar-refractivity contribution in [2.24, 2.45) is 0 Å². The molecule has 3 aromatic rings. The third-order valence-corrected chi connectivity index (χ3v) is 4.97. The first-order valence-corrected chi connectivity index (χ1v) is 10.1. The van der Waals surface area contributed by atoms with Crippen LogP contribution in [-0.4, -0.2) is 35.9 Å². The van der Waals surface area contributed by atoms with Gasteiger partial charge in [-0.05, 0) is 51.2 Å². The minimum atomic E-state index is -0.562. The van der Waals surface area contributed by atoms with E-state index in [4.69, 9.17) is 9.72 Å². The first kappa shape index (κ1) is 18.2. The standard InChI is InChI=1S/C19H22BrN5O2/c1-19(2,3)27-18(26)16-11-25(23-22-16)10-15-9-24-8-14(12-4-5-12)6-13(7-20)17(24)21-15/h6,8-9,11-12H,4-5,7,10H2,1-3H3. The van der Waals surface area contributed by atoms with Crippen molar-refractivity contribution in [1.82, 2.24) is 24.4 Å². The molecule has 0 aromatic carbocycles. The molecule has 0 radical (unpaired) electrons.